The number of phenolic OH excluding ortho intramolecular Hbond substituents is 1. The van der Waals surface area contributed by atoms with Crippen molar-refractivity contribution in [1.82, 2.24) is 14.5 Å². The van der Waals surface area contributed by atoms with Crippen LogP contribution < -0.4 is 16.4 Å². The summed E-state index contributed by atoms with van der Waals surface area (Å²) >= 11 is 0. The van der Waals surface area contributed by atoms with Gasteiger partial charge in [0.2, 0.25) is 0 Å². The number of rotatable bonds is 3. The zero-order chi connectivity index (χ0) is 20.5. The fourth-order valence-electron chi connectivity index (χ4n) is 4.34. The zero-order valence-corrected chi connectivity index (χ0v) is 16.3. The number of carbonyl (C=O) groups is 1. The fraction of sp³-hybridized carbons (Fsp3) is 0.350. The van der Waals surface area contributed by atoms with Crippen molar-refractivity contribution >= 4 is 28.7 Å². The van der Waals surface area contributed by atoms with Gasteiger partial charge >= 0.3 is 0 Å². The highest BCUT2D eigenvalue weighted by atomic mass is 16.5. The van der Waals surface area contributed by atoms with Crippen molar-refractivity contribution in [1.29, 1.82) is 0 Å². The second-order valence-corrected chi connectivity index (χ2v) is 8.08. The highest BCUT2D eigenvalue weighted by Crippen LogP contribution is 2.41. The van der Waals surface area contributed by atoms with Crippen LogP contribution in [0.4, 0.5) is 11.6 Å². The van der Waals surface area contributed by atoms with Crippen LogP contribution in [0.25, 0.3) is 16.9 Å². The molecule has 0 unspecified atom stereocenters. The monoisotopic (exact) mass is 394 g/mol. The van der Waals surface area contributed by atoms with Crippen molar-refractivity contribution in [2.45, 2.75) is 13.8 Å². The average Bonchev–Trinajstić information content (AvgIpc) is 2.88. The molecule has 0 saturated carbocycles. The normalized spacial score (nSPS) is 17.4. The number of amides is 1. The number of aryl methyl sites for hydroxylation is 1. The van der Waals surface area contributed by atoms with Crippen LogP contribution >= 0.6 is 0 Å². The number of benzene rings is 1. The Bertz CT molecular complexity index is 1170. The number of phenols is 1. The lowest BCUT2D eigenvalue weighted by Crippen LogP contribution is -2.66. The SMILES string of the molecule is Cc1ccc(O)c(C)c1-n1c(N)c(C(N)=O)c2nc(N3CC4(COC4)C3)cnc21. The summed E-state index contributed by atoms with van der Waals surface area (Å²) in [4.78, 5) is 23.6. The molecule has 0 aliphatic carbocycles. The molecule has 150 valence electrons. The van der Waals surface area contributed by atoms with Gasteiger partial charge in [-0.2, -0.15) is 0 Å². The molecule has 1 amide bonds. The number of aromatic hydroxyl groups is 1. The number of fused-ring (bicyclic) bond motifs is 1. The molecule has 2 saturated heterocycles. The highest BCUT2D eigenvalue weighted by molar-refractivity contribution is 6.09. The van der Waals surface area contributed by atoms with E-state index in [1.807, 2.05) is 6.92 Å². The number of aromatic nitrogens is 3. The molecule has 29 heavy (non-hydrogen) atoms. The predicted molar refractivity (Wildman–Crippen MR) is 108 cm³/mol. The summed E-state index contributed by atoms with van der Waals surface area (Å²) in [6, 6.07) is 3.41. The van der Waals surface area contributed by atoms with E-state index < -0.39 is 5.91 Å². The maximum Gasteiger partial charge on any atom is 0.254 e. The van der Waals surface area contributed by atoms with E-state index in [0.717, 1.165) is 31.9 Å². The molecule has 3 aromatic rings. The van der Waals surface area contributed by atoms with Crippen LogP contribution in [0.15, 0.2) is 18.3 Å². The third-order valence-electron chi connectivity index (χ3n) is 5.95. The van der Waals surface area contributed by atoms with Gasteiger partial charge in [-0.25, -0.2) is 9.97 Å². The molecule has 2 fully saturated rings. The van der Waals surface area contributed by atoms with E-state index in [0.29, 0.717) is 28.2 Å². The van der Waals surface area contributed by atoms with Crippen LogP contribution in [0.3, 0.4) is 0 Å². The Balaban J connectivity index is 1.69. The van der Waals surface area contributed by atoms with Crippen molar-refractivity contribution in [3.05, 3.63) is 35.0 Å². The van der Waals surface area contributed by atoms with Gasteiger partial charge in [0, 0.05) is 18.7 Å². The molecule has 5 N–H and O–H groups in total. The van der Waals surface area contributed by atoms with Crippen LogP contribution in [0.1, 0.15) is 21.5 Å². The standard InChI is InChI=1S/C20H22N6O3/c1-10-3-4-12(27)11(2)16(10)26-17(21)14(18(22)28)15-19(26)23-5-13(24-15)25-6-20(7-25)8-29-9-20/h3-5,27H,6-9,21H2,1-2H3,(H2,22,28). The molecular formula is C20H22N6O3. The lowest BCUT2D eigenvalue weighted by atomic mass is 9.78. The van der Waals surface area contributed by atoms with Crippen molar-refractivity contribution in [2.75, 3.05) is 36.9 Å². The third-order valence-corrected chi connectivity index (χ3v) is 5.95. The number of hydrogen-bond acceptors (Lipinski definition) is 7. The van der Waals surface area contributed by atoms with Crippen LogP contribution in [-0.2, 0) is 4.74 Å². The van der Waals surface area contributed by atoms with E-state index >= 15 is 0 Å². The Labute approximate surface area is 166 Å². The number of primary amides is 1. The van der Waals surface area contributed by atoms with Crippen molar-refractivity contribution < 1.29 is 14.6 Å². The first-order valence-corrected chi connectivity index (χ1v) is 9.40. The molecule has 9 nitrogen and oxygen atoms in total. The molecule has 0 radical (unpaired) electrons. The van der Waals surface area contributed by atoms with E-state index in [1.165, 1.54) is 0 Å². The van der Waals surface area contributed by atoms with Crippen LogP contribution in [0, 0.1) is 19.3 Å². The number of hydrogen-bond donors (Lipinski definition) is 3. The molecule has 2 aliphatic heterocycles. The predicted octanol–water partition coefficient (Wildman–Crippen LogP) is 1.26. The smallest absolute Gasteiger partial charge is 0.254 e. The summed E-state index contributed by atoms with van der Waals surface area (Å²) in [6.45, 7) is 6.92. The van der Waals surface area contributed by atoms with E-state index in [-0.39, 0.29) is 22.5 Å². The minimum atomic E-state index is -0.666. The summed E-state index contributed by atoms with van der Waals surface area (Å²) in [5, 5.41) is 10.2. The molecular weight excluding hydrogens is 372 g/mol. The summed E-state index contributed by atoms with van der Waals surface area (Å²) in [5.41, 5.74) is 15.3. The Kier molecular flexibility index (Phi) is 3.57. The number of nitrogens with zero attached hydrogens (tertiary/aromatic N) is 4. The first-order valence-electron chi connectivity index (χ1n) is 9.40. The maximum absolute atomic E-state index is 12.2. The lowest BCUT2D eigenvalue weighted by molar-refractivity contribution is -0.127. The van der Waals surface area contributed by atoms with E-state index in [4.69, 9.17) is 16.2 Å². The molecule has 0 bridgehead atoms. The Morgan fingerprint density at radius 2 is 2.00 bits per heavy atom. The van der Waals surface area contributed by atoms with Gasteiger partial charge in [0.15, 0.2) is 5.65 Å². The average molecular weight is 394 g/mol. The molecule has 1 spiro atoms. The van der Waals surface area contributed by atoms with Crippen molar-refractivity contribution in [3.63, 3.8) is 0 Å². The molecule has 2 aromatic heterocycles. The van der Waals surface area contributed by atoms with Crippen LogP contribution in [0.2, 0.25) is 0 Å². The van der Waals surface area contributed by atoms with Gasteiger partial charge in [0.1, 0.15) is 28.5 Å². The second kappa shape index (κ2) is 5.84. The van der Waals surface area contributed by atoms with Crippen molar-refractivity contribution in [3.8, 4) is 11.4 Å². The van der Waals surface area contributed by atoms with Gasteiger partial charge in [-0.1, -0.05) is 6.07 Å². The largest absolute Gasteiger partial charge is 0.508 e. The zero-order valence-electron chi connectivity index (χ0n) is 16.3. The van der Waals surface area contributed by atoms with Gasteiger partial charge in [0.05, 0.1) is 30.5 Å². The van der Waals surface area contributed by atoms with Crippen LogP contribution in [0.5, 0.6) is 5.75 Å². The summed E-state index contributed by atoms with van der Waals surface area (Å²) in [6.07, 6.45) is 1.68. The molecule has 2 aliphatic rings. The second-order valence-electron chi connectivity index (χ2n) is 8.08. The number of carbonyl (C=O) groups excluding carboxylic acids is 1. The van der Waals surface area contributed by atoms with Gasteiger partial charge < -0.3 is 26.2 Å². The molecule has 1 aromatic carbocycles. The summed E-state index contributed by atoms with van der Waals surface area (Å²) < 4.78 is 6.97. The number of nitrogens with two attached hydrogens (primary N) is 2. The number of anilines is 2. The van der Waals surface area contributed by atoms with Crippen LogP contribution in [-0.4, -0.2) is 51.9 Å². The van der Waals surface area contributed by atoms with E-state index in [1.54, 1.807) is 29.8 Å². The summed E-state index contributed by atoms with van der Waals surface area (Å²) in [7, 11) is 0. The number of nitrogen functional groups attached to an aromatic ring is 1. The Hall–Kier alpha value is -3.33. The first-order chi connectivity index (χ1) is 13.8. The minimum Gasteiger partial charge on any atom is -0.508 e. The molecule has 9 heteroatoms. The molecule has 0 atom stereocenters. The van der Waals surface area contributed by atoms with Gasteiger partial charge in [-0.3, -0.25) is 9.36 Å². The summed E-state index contributed by atoms with van der Waals surface area (Å²) in [5.74, 6) is 0.305. The number of ether oxygens (including phenoxy) is 1. The molecule has 4 heterocycles. The highest BCUT2D eigenvalue weighted by Gasteiger charge is 2.49. The van der Waals surface area contributed by atoms with Crippen molar-refractivity contribution in [2.24, 2.45) is 11.1 Å². The Morgan fingerprint density at radius 1 is 1.28 bits per heavy atom. The topological polar surface area (TPSA) is 133 Å². The Morgan fingerprint density at radius 3 is 2.62 bits per heavy atom. The first kappa shape index (κ1) is 17.7. The van der Waals surface area contributed by atoms with Gasteiger partial charge in [0.25, 0.3) is 5.91 Å². The van der Waals surface area contributed by atoms with Gasteiger partial charge in [-0.05, 0) is 25.5 Å². The molecule has 5 rings (SSSR count). The third kappa shape index (κ3) is 2.40. The maximum atomic E-state index is 12.2. The van der Waals surface area contributed by atoms with E-state index in [2.05, 4.69) is 14.9 Å². The lowest BCUT2D eigenvalue weighted by Gasteiger charge is -2.55. The van der Waals surface area contributed by atoms with Gasteiger partial charge in [-0.15, -0.1) is 0 Å². The quantitative estimate of drug-likeness (QED) is 0.609. The minimum absolute atomic E-state index is 0.130. The fourth-order valence-corrected chi connectivity index (χ4v) is 4.34. The van der Waals surface area contributed by atoms with E-state index in [9.17, 15) is 9.90 Å².